The molecule has 3 rings (SSSR count). The van der Waals surface area contributed by atoms with Crippen molar-refractivity contribution >= 4 is 5.91 Å². The van der Waals surface area contributed by atoms with E-state index in [-0.39, 0.29) is 5.91 Å². The molecule has 3 heterocycles. The number of aryl methyl sites for hydroxylation is 1. The van der Waals surface area contributed by atoms with Gasteiger partial charge in [0.05, 0.1) is 30.8 Å². The van der Waals surface area contributed by atoms with Gasteiger partial charge in [0.1, 0.15) is 5.76 Å². The molecule has 0 aromatic carbocycles. The molecule has 0 bridgehead atoms. The molecule has 3 aromatic rings. The third-order valence-corrected chi connectivity index (χ3v) is 2.90. The molecular weight excluding hydrogens is 272 g/mol. The molecule has 0 fully saturated rings. The zero-order chi connectivity index (χ0) is 14.7. The van der Waals surface area contributed by atoms with Crippen LogP contribution in [0, 0.1) is 0 Å². The summed E-state index contributed by atoms with van der Waals surface area (Å²) in [7, 11) is 1.71. The Hall–Kier alpha value is -2.90. The molecule has 0 spiro atoms. The van der Waals surface area contributed by atoms with Gasteiger partial charge in [-0.15, -0.1) is 5.10 Å². The van der Waals surface area contributed by atoms with Crippen LogP contribution in [-0.4, -0.2) is 37.2 Å². The second-order valence-corrected chi connectivity index (χ2v) is 4.50. The van der Waals surface area contributed by atoms with Gasteiger partial charge in [0.25, 0.3) is 5.91 Å². The lowest BCUT2D eigenvalue weighted by Gasteiger charge is -2.02. The van der Waals surface area contributed by atoms with Crippen LogP contribution in [0.4, 0.5) is 0 Å². The van der Waals surface area contributed by atoms with Crippen LogP contribution in [0.1, 0.15) is 10.5 Å². The molecule has 0 aliphatic heterocycles. The molecule has 1 N–H and O–H groups in total. The van der Waals surface area contributed by atoms with Crippen LogP contribution in [-0.2, 0) is 13.6 Å². The topological polar surface area (TPSA) is 90.8 Å². The molecule has 0 radical (unpaired) electrons. The lowest BCUT2D eigenvalue weighted by atomic mass is 10.3. The number of carbonyl (C=O) groups excluding carboxylic acids is 1. The minimum atomic E-state index is -0.249. The molecule has 21 heavy (non-hydrogen) atoms. The third kappa shape index (κ3) is 2.99. The molecule has 1 amide bonds. The van der Waals surface area contributed by atoms with E-state index in [1.54, 1.807) is 30.4 Å². The Morgan fingerprint density at radius 3 is 3.05 bits per heavy atom. The highest BCUT2D eigenvalue weighted by atomic mass is 16.3. The molecule has 8 nitrogen and oxygen atoms in total. The summed E-state index contributed by atoms with van der Waals surface area (Å²) in [6.07, 6.45) is 6.78. The Bertz CT molecular complexity index is 728. The first-order chi connectivity index (χ1) is 10.2. The van der Waals surface area contributed by atoms with Crippen molar-refractivity contribution in [3.05, 3.63) is 42.7 Å². The second kappa shape index (κ2) is 5.61. The van der Waals surface area contributed by atoms with Crippen LogP contribution in [0.5, 0.6) is 0 Å². The van der Waals surface area contributed by atoms with Gasteiger partial charge in [-0.1, -0.05) is 5.21 Å². The molecule has 108 valence electrons. The van der Waals surface area contributed by atoms with E-state index >= 15 is 0 Å². The summed E-state index contributed by atoms with van der Waals surface area (Å²) < 4.78 is 8.52. The fourth-order valence-corrected chi connectivity index (χ4v) is 1.88. The number of rotatable bonds is 5. The summed E-state index contributed by atoms with van der Waals surface area (Å²) >= 11 is 0. The van der Waals surface area contributed by atoms with Gasteiger partial charge >= 0.3 is 0 Å². The third-order valence-electron chi connectivity index (χ3n) is 2.90. The summed E-state index contributed by atoms with van der Waals surface area (Å²) in [4.78, 5) is 11.8. The Kier molecular flexibility index (Phi) is 3.50. The number of aromatic nitrogens is 5. The van der Waals surface area contributed by atoms with Crippen molar-refractivity contribution < 1.29 is 9.21 Å². The quantitative estimate of drug-likeness (QED) is 0.745. The molecular formula is C13H14N6O2. The van der Waals surface area contributed by atoms with E-state index in [9.17, 15) is 4.79 Å². The SMILES string of the molecule is Cn1cc(C(=O)NCCn2cc(-c3ccco3)cn2)nn1. The van der Waals surface area contributed by atoms with E-state index in [2.05, 4.69) is 20.7 Å². The van der Waals surface area contributed by atoms with Crippen LogP contribution < -0.4 is 5.32 Å². The highest BCUT2D eigenvalue weighted by Gasteiger charge is 2.09. The minimum Gasteiger partial charge on any atom is -0.464 e. The monoisotopic (exact) mass is 286 g/mol. The number of carbonyl (C=O) groups is 1. The Morgan fingerprint density at radius 1 is 1.43 bits per heavy atom. The molecule has 0 aliphatic carbocycles. The van der Waals surface area contributed by atoms with E-state index in [4.69, 9.17) is 4.42 Å². The number of hydrogen-bond donors (Lipinski definition) is 1. The van der Waals surface area contributed by atoms with Gasteiger partial charge < -0.3 is 9.73 Å². The molecule has 0 saturated carbocycles. The lowest BCUT2D eigenvalue weighted by Crippen LogP contribution is -2.27. The molecule has 0 atom stereocenters. The lowest BCUT2D eigenvalue weighted by molar-refractivity contribution is 0.0947. The van der Waals surface area contributed by atoms with Gasteiger partial charge in [0.2, 0.25) is 0 Å². The number of hydrogen-bond acceptors (Lipinski definition) is 5. The van der Waals surface area contributed by atoms with Crippen molar-refractivity contribution in [1.29, 1.82) is 0 Å². The number of amides is 1. The van der Waals surface area contributed by atoms with Gasteiger partial charge in [0, 0.05) is 19.8 Å². The Balaban J connectivity index is 1.53. The van der Waals surface area contributed by atoms with Crippen LogP contribution in [0.15, 0.2) is 41.4 Å². The van der Waals surface area contributed by atoms with E-state index in [0.29, 0.717) is 18.8 Å². The minimum absolute atomic E-state index is 0.249. The summed E-state index contributed by atoms with van der Waals surface area (Å²) in [6, 6.07) is 3.70. The summed E-state index contributed by atoms with van der Waals surface area (Å²) in [5.41, 5.74) is 1.20. The van der Waals surface area contributed by atoms with Crippen molar-refractivity contribution in [2.75, 3.05) is 6.54 Å². The van der Waals surface area contributed by atoms with Gasteiger partial charge in [-0.05, 0) is 12.1 Å². The first kappa shape index (κ1) is 13.1. The molecule has 0 aliphatic rings. The van der Waals surface area contributed by atoms with Crippen molar-refractivity contribution in [3.8, 4) is 11.3 Å². The smallest absolute Gasteiger partial charge is 0.273 e. The summed E-state index contributed by atoms with van der Waals surface area (Å²) in [6.45, 7) is 1.02. The highest BCUT2D eigenvalue weighted by molar-refractivity contribution is 5.91. The normalized spacial score (nSPS) is 10.7. The molecule has 0 unspecified atom stereocenters. The summed E-state index contributed by atoms with van der Waals surface area (Å²) in [5.74, 6) is 0.520. The molecule has 3 aromatic heterocycles. The van der Waals surface area contributed by atoms with Crippen molar-refractivity contribution in [3.63, 3.8) is 0 Å². The first-order valence-electron chi connectivity index (χ1n) is 6.43. The van der Waals surface area contributed by atoms with Gasteiger partial charge in [-0.3, -0.25) is 14.2 Å². The van der Waals surface area contributed by atoms with Crippen molar-refractivity contribution in [1.82, 2.24) is 30.1 Å². The van der Waals surface area contributed by atoms with Gasteiger partial charge in [-0.25, -0.2) is 0 Å². The number of nitrogens with zero attached hydrogens (tertiary/aromatic N) is 5. The van der Waals surface area contributed by atoms with Crippen LogP contribution in [0.3, 0.4) is 0 Å². The maximum absolute atomic E-state index is 11.8. The van der Waals surface area contributed by atoms with E-state index < -0.39 is 0 Å². The maximum atomic E-state index is 11.8. The van der Waals surface area contributed by atoms with Crippen LogP contribution in [0.25, 0.3) is 11.3 Å². The first-order valence-corrected chi connectivity index (χ1v) is 6.43. The maximum Gasteiger partial charge on any atom is 0.273 e. The van der Waals surface area contributed by atoms with Gasteiger partial charge in [-0.2, -0.15) is 5.10 Å². The van der Waals surface area contributed by atoms with E-state index in [1.165, 1.54) is 4.68 Å². The zero-order valence-corrected chi connectivity index (χ0v) is 11.4. The van der Waals surface area contributed by atoms with Crippen molar-refractivity contribution in [2.45, 2.75) is 6.54 Å². The Morgan fingerprint density at radius 2 is 2.33 bits per heavy atom. The average Bonchev–Trinajstić information content (AvgIpc) is 3.19. The van der Waals surface area contributed by atoms with E-state index in [0.717, 1.165) is 11.3 Å². The predicted molar refractivity (Wildman–Crippen MR) is 73.3 cm³/mol. The standard InChI is InChI=1S/C13H14N6O2/c1-18-9-11(16-17-18)13(20)14-4-5-19-8-10(7-15-19)12-3-2-6-21-12/h2-3,6-9H,4-5H2,1H3,(H,14,20). The summed E-state index contributed by atoms with van der Waals surface area (Å²) in [5, 5.41) is 14.4. The van der Waals surface area contributed by atoms with Crippen LogP contribution in [0.2, 0.25) is 0 Å². The fraction of sp³-hybridized carbons (Fsp3) is 0.231. The van der Waals surface area contributed by atoms with Crippen LogP contribution >= 0.6 is 0 Å². The average molecular weight is 286 g/mol. The largest absolute Gasteiger partial charge is 0.464 e. The fourth-order valence-electron chi connectivity index (χ4n) is 1.88. The van der Waals surface area contributed by atoms with Gasteiger partial charge in [0.15, 0.2) is 5.69 Å². The molecule has 8 heteroatoms. The predicted octanol–water partition coefficient (Wildman–Crippen LogP) is 0.702. The molecule has 0 saturated heterocycles. The highest BCUT2D eigenvalue weighted by Crippen LogP contribution is 2.18. The Labute approximate surface area is 120 Å². The number of nitrogens with one attached hydrogen (secondary N) is 1. The van der Waals surface area contributed by atoms with Crippen molar-refractivity contribution in [2.24, 2.45) is 7.05 Å². The number of furan rings is 1. The zero-order valence-electron chi connectivity index (χ0n) is 11.4. The van der Waals surface area contributed by atoms with E-state index in [1.807, 2.05) is 18.3 Å². The second-order valence-electron chi connectivity index (χ2n) is 4.50.